The molecule has 2 rings (SSSR count). The lowest BCUT2D eigenvalue weighted by Gasteiger charge is -2.13. The largest absolute Gasteiger partial charge is 0.462 e. The number of halogens is 1. The molecule has 2 aromatic rings. The summed E-state index contributed by atoms with van der Waals surface area (Å²) in [6.07, 6.45) is 0. The number of anilines is 2. The fourth-order valence-corrected chi connectivity index (χ4v) is 3.99. The quantitative estimate of drug-likeness (QED) is 0.473. The van der Waals surface area contributed by atoms with Gasteiger partial charge in [0.1, 0.15) is 9.88 Å². The third-order valence-electron chi connectivity index (χ3n) is 3.83. The molecule has 28 heavy (non-hydrogen) atoms. The Morgan fingerprint density at radius 2 is 1.71 bits per heavy atom. The van der Waals surface area contributed by atoms with E-state index in [-0.39, 0.29) is 23.9 Å². The smallest absolute Gasteiger partial charge is 0.348 e. The van der Waals surface area contributed by atoms with Crippen LogP contribution in [-0.2, 0) is 9.47 Å². The molecule has 1 aromatic carbocycles. The van der Waals surface area contributed by atoms with Gasteiger partial charge in [-0.05, 0) is 63.2 Å². The van der Waals surface area contributed by atoms with Gasteiger partial charge in [0, 0.05) is 10.7 Å². The second-order valence-electron chi connectivity index (χ2n) is 5.69. The third-order valence-corrected chi connectivity index (χ3v) is 5.63. The Morgan fingerprint density at radius 1 is 1.07 bits per heavy atom. The third kappa shape index (κ3) is 5.01. The molecule has 0 fully saturated rings. The van der Waals surface area contributed by atoms with Crippen LogP contribution in [0.15, 0.2) is 18.2 Å². The van der Waals surface area contributed by atoms with Crippen LogP contribution in [-0.4, -0.2) is 30.3 Å². The maximum absolute atomic E-state index is 12.4. The number of nitrogens with one attached hydrogen (secondary N) is 2. The fraction of sp³-hybridized carbons (Fsp3) is 0.316. The zero-order chi connectivity index (χ0) is 20.8. The van der Waals surface area contributed by atoms with Gasteiger partial charge in [0.25, 0.3) is 0 Å². The van der Waals surface area contributed by atoms with Gasteiger partial charge in [0.2, 0.25) is 0 Å². The van der Waals surface area contributed by atoms with Crippen molar-refractivity contribution in [2.45, 2.75) is 27.7 Å². The Bertz CT molecular complexity index is 912. The Morgan fingerprint density at radius 3 is 2.36 bits per heavy atom. The normalized spacial score (nSPS) is 10.3. The summed E-state index contributed by atoms with van der Waals surface area (Å²) in [4.78, 5) is 25.0. The highest BCUT2D eigenvalue weighted by Crippen LogP contribution is 2.34. The van der Waals surface area contributed by atoms with Crippen molar-refractivity contribution >= 4 is 62.9 Å². The monoisotopic (exact) mass is 440 g/mol. The van der Waals surface area contributed by atoms with E-state index in [1.807, 2.05) is 13.0 Å². The Kier molecular flexibility index (Phi) is 7.79. The zero-order valence-corrected chi connectivity index (χ0v) is 18.4. The Hall–Kier alpha value is -2.16. The summed E-state index contributed by atoms with van der Waals surface area (Å²) >= 11 is 12.6. The molecule has 0 saturated heterocycles. The van der Waals surface area contributed by atoms with E-state index in [4.69, 9.17) is 33.3 Å². The highest BCUT2D eigenvalue weighted by Gasteiger charge is 2.26. The number of benzene rings is 1. The number of esters is 2. The summed E-state index contributed by atoms with van der Waals surface area (Å²) in [5.74, 6) is -1.02. The molecule has 1 aromatic heterocycles. The van der Waals surface area contributed by atoms with Crippen LogP contribution in [0.3, 0.4) is 0 Å². The molecule has 1 heterocycles. The van der Waals surface area contributed by atoms with Gasteiger partial charge >= 0.3 is 11.9 Å². The van der Waals surface area contributed by atoms with E-state index in [0.717, 1.165) is 22.6 Å². The van der Waals surface area contributed by atoms with Crippen LogP contribution in [0.4, 0.5) is 10.7 Å². The molecule has 150 valence electrons. The number of thiocarbonyl (C=S) groups is 1. The standard InChI is InChI=1S/C19H21ClN2O4S2/c1-5-25-17(23)14-11(4)15(18(24)26-6-2)28-16(14)22-19(27)21-13-9-7-8-12(20)10(13)3/h7-9H,5-6H2,1-4H3,(H2,21,22,27). The second kappa shape index (κ2) is 9.86. The minimum absolute atomic E-state index is 0.215. The molecule has 0 aliphatic carbocycles. The number of hydrogen-bond acceptors (Lipinski definition) is 6. The number of ether oxygens (including phenoxy) is 2. The molecule has 0 spiro atoms. The first kappa shape index (κ1) is 22.1. The van der Waals surface area contributed by atoms with Crippen LogP contribution < -0.4 is 10.6 Å². The summed E-state index contributed by atoms with van der Waals surface area (Å²) in [6.45, 7) is 7.43. The van der Waals surface area contributed by atoms with Gasteiger partial charge < -0.3 is 20.1 Å². The molecule has 0 bridgehead atoms. The summed E-state index contributed by atoms with van der Waals surface area (Å²) < 4.78 is 10.2. The van der Waals surface area contributed by atoms with Crippen molar-refractivity contribution in [1.29, 1.82) is 0 Å². The number of rotatable bonds is 6. The zero-order valence-electron chi connectivity index (χ0n) is 16.0. The summed E-state index contributed by atoms with van der Waals surface area (Å²) in [5, 5.41) is 7.32. The van der Waals surface area contributed by atoms with Crippen molar-refractivity contribution in [3.8, 4) is 0 Å². The molecule has 0 aliphatic rings. The predicted molar refractivity (Wildman–Crippen MR) is 117 cm³/mol. The van der Waals surface area contributed by atoms with E-state index in [0.29, 0.717) is 20.5 Å². The summed E-state index contributed by atoms with van der Waals surface area (Å²) in [5.41, 5.74) is 2.34. The van der Waals surface area contributed by atoms with Gasteiger partial charge in [0.05, 0.1) is 18.8 Å². The van der Waals surface area contributed by atoms with E-state index in [2.05, 4.69) is 10.6 Å². The summed E-state index contributed by atoms with van der Waals surface area (Å²) in [7, 11) is 0. The lowest BCUT2D eigenvalue weighted by atomic mass is 10.1. The van der Waals surface area contributed by atoms with E-state index in [1.165, 1.54) is 0 Å². The number of thiophene rings is 1. The van der Waals surface area contributed by atoms with E-state index in [1.54, 1.807) is 32.9 Å². The minimum atomic E-state index is -0.531. The molecule has 9 heteroatoms. The molecule has 0 amide bonds. The first-order valence-electron chi connectivity index (χ1n) is 8.60. The highest BCUT2D eigenvalue weighted by atomic mass is 35.5. The fourth-order valence-electron chi connectivity index (χ4n) is 2.44. The lowest BCUT2D eigenvalue weighted by molar-refractivity contribution is 0.0527. The van der Waals surface area contributed by atoms with Crippen molar-refractivity contribution in [3.05, 3.63) is 44.8 Å². The van der Waals surface area contributed by atoms with Gasteiger partial charge in [-0.25, -0.2) is 9.59 Å². The van der Waals surface area contributed by atoms with Crippen LogP contribution in [0, 0.1) is 13.8 Å². The van der Waals surface area contributed by atoms with Crippen LogP contribution >= 0.6 is 35.2 Å². The van der Waals surface area contributed by atoms with E-state index < -0.39 is 11.9 Å². The number of carbonyl (C=O) groups excluding carboxylic acids is 2. The van der Waals surface area contributed by atoms with Crippen LogP contribution in [0.2, 0.25) is 5.02 Å². The minimum Gasteiger partial charge on any atom is -0.462 e. The van der Waals surface area contributed by atoms with Gasteiger partial charge in [-0.15, -0.1) is 11.3 Å². The average molecular weight is 441 g/mol. The molecule has 0 radical (unpaired) electrons. The Balaban J connectivity index is 2.33. The van der Waals surface area contributed by atoms with Gasteiger partial charge in [-0.1, -0.05) is 17.7 Å². The molecule has 0 saturated carbocycles. The maximum atomic E-state index is 12.4. The molecule has 0 aliphatic heterocycles. The first-order chi connectivity index (χ1) is 13.3. The van der Waals surface area contributed by atoms with Crippen LogP contribution in [0.25, 0.3) is 0 Å². The van der Waals surface area contributed by atoms with Crippen molar-refractivity contribution in [2.24, 2.45) is 0 Å². The van der Waals surface area contributed by atoms with Crippen LogP contribution in [0.1, 0.15) is 45.0 Å². The first-order valence-corrected chi connectivity index (χ1v) is 10.2. The molecular weight excluding hydrogens is 420 g/mol. The topological polar surface area (TPSA) is 76.7 Å². The lowest BCUT2D eigenvalue weighted by Crippen LogP contribution is -2.20. The number of hydrogen-bond donors (Lipinski definition) is 2. The van der Waals surface area contributed by atoms with Gasteiger partial charge in [-0.3, -0.25) is 0 Å². The summed E-state index contributed by atoms with van der Waals surface area (Å²) in [6, 6.07) is 5.43. The maximum Gasteiger partial charge on any atom is 0.348 e. The predicted octanol–water partition coefficient (Wildman–Crippen LogP) is 5.18. The number of carbonyl (C=O) groups is 2. The van der Waals surface area contributed by atoms with Gasteiger partial charge in [0.15, 0.2) is 5.11 Å². The molecule has 2 N–H and O–H groups in total. The van der Waals surface area contributed by atoms with Crippen molar-refractivity contribution in [2.75, 3.05) is 23.8 Å². The van der Waals surface area contributed by atoms with Crippen molar-refractivity contribution in [1.82, 2.24) is 0 Å². The van der Waals surface area contributed by atoms with Gasteiger partial charge in [-0.2, -0.15) is 0 Å². The van der Waals surface area contributed by atoms with E-state index >= 15 is 0 Å². The molecule has 0 atom stereocenters. The molecule has 0 unspecified atom stereocenters. The van der Waals surface area contributed by atoms with Crippen LogP contribution in [0.5, 0.6) is 0 Å². The Labute approximate surface area is 178 Å². The second-order valence-corrected chi connectivity index (χ2v) is 7.53. The average Bonchev–Trinajstić information content (AvgIpc) is 2.95. The van der Waals surface area contributed by atoms with E-state index in [9.17, 15) is 9.59 Å². The SMILES string of the molecule is CCOC(=O)c1sc(NC(=S)Nc2cccc(Cl)c2C)c(C(=O)OCC)c1C. The molecular formula is C19H21ClN2O4S2. The van der Waals surface area contributed by atoms with Crippen molar-refractivity contribution < 1.29 is 19.1 Å². The highest BCUT2D eigenvalue weighted by molar-refractivity contribution is 7.80. The van der Waals surface area contributed by atoms with Crippen molar-refractivity contribution in [3.63, 3.8) is 0 Å². The molecule has 6 nitrogen and oxygen atoms in total.